The van der Waals surface area contributed by atoms with Gasteiger partial charge in [0.15, 0.2) is 5.78 Å². The fraction of sp³-hybridized carbons (Fsp3) is 0.154. The molecule has 0 spiro atoms. The highest BCUT2D eigenvalue weighted by atomic mass is 16.3. The van der Waals surface area contributed by atoms with Crippen LogP contribution < -0.4 is 11.5 Å². The topological polar surface area (TPSA) is 110 Å². The summed E-state index contributed by atoms with van der Waals surface area (Å²) in [6.07, 6.45) is 4.59. The number of carbonyl (C=O) groups is 1. The molecule has 6 N–H and O–H groups in total. The molecule has 0 radical (unpaired) electrons. The number of anilines is 1. The predicted molar refractivity (Wildman–Crippen MR) is 68.2 cm³/mol. The zero-order valence-corrected chi connectivity index (χ0v) is 9.63. The van der Waals surface area contributed by atoms with E-state index in [0.29, 0.717) is 0 Å². The number of aromatic hydroxyl groups is 1. The molecule has 0 fully saturated rings. The summed E-state index contributed by atoms with van der Waals surface area (Å²) in [7, 11) is 0. The van der Waals surface area contributed by atoms with Gasteiger partial charge in [0.25, 0.3) is 0 Å². The molecule has 0 saturated heterocycles. The van der Waals surface area contributed by atoms with Crippen LogP contribution in [-0.4, -0.2) is 21.5 Å². The third-order valence-electron chi connectivity index (χ3n) is 2.87. The Bertz CT molecular complexity index is 563. The molecule has 2 rings (SSSR count). The number of ketones is 1. The van der Waals surface area contributed by atoms with Crippen LogP contribution >= 0.6 is 0 Å². The number of allylic oxidation sites excluding steroid dienone is 2. The van der Waals surface area contributed by atoms with Crippen molar-refractivity contribution >= 4 is 11.5 Å². The van der Waals surface area contributed by atoms with E-state index in [-0.39, 0.29) is 35.0 Å². The number of phenolic OH excluding ortho intramolecular Hbond substituents is 1. The largest absolute Gasteiger partial charge is 0.512 e. The summed E-state index contributed by atoms with van der Waals surface area (Å²) >= 11 is 0. The van der Waals surface area contributed by atoms with Crippen LogP contribution in [-0.2, 0) is 0 Å². The van der Waals surface area contributed by atoms with E-state index < -0.39 is 5.54 Å². The van der Waals surface area contributed by atoms with Crippen LogP contribution in [0.4, 0.5) is 5.69 Å². The lowest BCUT2D eigenvalue weighted by molar-refractivity contribution is 0.0910. The molecule has 1 aromatic rings. The normalized spacial score (nSPS) is 22.6. The van der Waals surface area contributed by atoms with Crippen LogP contribution in [0.2, 0.25) is 0 Å². The lowest BCUT2D eigenvalue weighted by Crippen LogP contribution is -2.47. The second-order valence-electron chi connectivity index (χ2n) is 4.34. The van der Waals surface area contributed by atoms with Gasteiger partial charge in [0.2, 0.25) is 0 Å². The fourth-order valence-corrected chi connectivity index (χ4v) is 1.86. The molecule has 0 heterocycles. The number of hydrogen-bond donors (Lipinski definition) is 4. The molecule has 1 atom stereocenters. The molecule has 1 aliphatic carbocycles. The Morgan fingerprint density at radius 2 is 2.06 bits per heavy atom. The van der Waals surface area contributed by atoms with Gasteiger partial charge in [-0.2, -0.15) is 0 Å². The Balaban J connectivity index is 2.34. The minimum absolute atomic E-state index is 0.0352. The molecular weight excluding hydrogens is 232 g/mol. The van der Waals surface area contributed by atoms with Crippen LogP contribution in [0.1, 0.15) is 16.8 Å². The number of hydrogen-bond acceptors (Lipinski definition) is 5. The molecule has 0 aromatic heterocycles. The molecule has 5 nitrogen and oxygen atoms in total. The zero-order chi connectivity index (χ0) is 13.3. The molecule has 0 amide bonds. The highest BCUT2D eigenvalue weighted by Gasteiger charge is 2.34. The van der Waals surface area contributed by atoms with Gasteiger partial charge in [0.1, 0.15) is 11.3 Å². The Morgan fingerprint density at radius 3 is 2.67 bits per heavy atom. The van der Waals surface area contributed by atoms with Gasteiger partial charge in [-0.1, -0.05) is 12.2 Å². The number of phenols is 1. The maximum atomic E-state index is 12.3. The molecule has 0 saturated carbocycles. The third-order valence-corrected chi connectivity index (χ3v) is 2.87. The predicted octanol–water partition coefficient (Wildman–Crippen LogP) is 1.26. The van der Waals surface area contributed by atoms with Crippen molar-refractivity contribution in [2.24, 2.45) is 5.73 Å². The van der Waals surface area contributed by atoms with Crippen molar-refractivity contribution in [3.63, 3.8) is 0 Å². The quantitative estimate of drug-likeness (QED) is 0.357. The molecule has 5 heteroatoms. The van der Waals surface area contributed by atoms with Gasteiger partial charge < -0.3 is 21.7 Å². The molecule has 0 aliphatic heterocycles. The van der Waals surface area contributed by atoms with Crippen LogP contribution in [0.15, 0.2) is 42.2 Å². The monoisotopic (exact) mass is 246 g/mol. The van der Waals surface area contributed by atoms with Crippen molar-refractivity contribution in [2.45, 2.75) is 12.0 Å². The number of nitrogens with two attached hydrogens (primary N) is 2. The van der Waals surface area contributed by atoms with E-state index in [1.807, 2.05) is 0 Å². The second kappa shape index (κ2) is 4.19. The van der Waals surface area contributed by atoms with Crippen LogP contribution in [0.25, 0.3) is 0 Å². The molecule has 1 aromatic carbocycles. The SMILES string of the molecule is Nc1ccc(C(=O)C2(N)C=CC=C(O)C2)cc1O. The maximum Gasteiger partial charge on any atom is 0.187 e. The standard InChI is InChI=1S/C13H14N2O3/c14-10-4-3-8(6-11(10)17)12(18)13(15)5-1-2-9(16)7-13/h1-6,16-17H,7,14-15H2. The molecule has 0 bridgehead atoms. The Kier molecular flexibility index (Phi) is 2.84. The summed E-state index contributed by atoms with van der Waals surface area (Å²) in [5.74, 6) is -0.495. The van der Waals surface area contributed by atoms with Crippen molar-refractivity contribution < 1.29 is 15.0 Å². The van der Waals surface area contributed by atoms with Crippen molar-refractivity contribution in [3.05, 3.63) is 47.7 Å². The van der Waals surface area contributed by atoms with Crippen molar-refractivity contribution in [2.75, 3.05) is 5.73 Å². The minimum atomic E-state index is -1.29. The second-order valence-corrected chi connectivity index (χ2v) is 4.34. The van der Waals surface area contributed by atoms with Crippen LogP contribution in [0.3, 0.4) is 0 Å². The number of rotatable bonds is 2. The first kappa shape index (κ1) is 12.2. The summed E-state index contributed by atoms with van der Waals surface area (Å²) in [5.41, 5.74) is 10.6. The smallest absolute Gasteiger partial charge is 0.187 e. The highest BCUT2D eigenvalue weighted by molar-refractivity contribution is 6.05. The van der Waals surface area contributed by atoms with E-state index in [4.69, 9.17) is 11.5 Å². The van der Waals surface area contributed by atoms with Gasteiger partial charge in [-0.25, -0.2) is 0 Å². The van der Waals surface area contributed by atoms with E-state index >= 15 is 0 Å². The first-order valence-electron chi connectivity index (χ1n) is 5.42. The van der Waals surface area contributed by atoms with Gasteiger partial charge in [0, 0.05) is 12.0 Å². The highest BCUT2D eigenvalue weighted by Crippen LogP contribution is 2.27. The number of carbonyl (C=O) groups excluding carboxylic acids is 1. The average molecular weight is 246 g/mol. The summed E-state index contributed by atoms with van der Waals surface area (Å²) in [4.78, 5) is 12.3. The van der Waals surface area contributed by atoms with E-state index in [1.165, 1.54) is 36.4 Å². The molecule has 1 unspecified atom stereocenters. The van der Waals surface area contributed by atoms with Gasteiger partial charge in [-0.05, 0) is 24.3 Å². The molecule has 18 heavy (non-hydrogen) atoms. The van der Waals surface area contributed by atoms with E-state index in [0.717, 1.165) is 0 Å². The number of aliphatic hydroxyl groups is 1. The number of Topliss-reactive ketones (excluding diaryl/α,β-unsaturated/α-hetero) is 1. The minimum Gasteiger partial charge on any atom is -0.512 e. The zero-order valence-electron chi connectivity index (χ0n) is 9.63. The Morgan fingerprint density at radius 1 is 1.33 bits per heavy atom. The Labute approximate surface area is 104 Å². The van der Waals surface area contributed by atoms with E-state index in [2.05, 4.69) is 0 Å². The van der Waals surface area contributed by atoms with E-state index in [9.17, 15) is 15.0 Å². The maximum absolute atomic E-state index is 12.3. The van der Waals surface area contributed by atoms with E-state index in [1.54, 1.807) is 0 Å². The number of benzene rings is 1. The summed E-state index contributed by atoms with van der Waals surface area (Å²) in [6.45, 7) is 0. The summed E-state index contributed by atoms with van der Waals surface area (Å²) in [5, 5.41) is 18.9. The third kappa shape index (κ3) is 2.08. The molecule has 1 aliphatic rings. The van der Waals surface area contributed by atoms with Crippen molar-refractivity contribution in [1.29, 1.82) is 0 Å². The number of aliphatic hydroxyl groups excluding tert-OH is 1. The van der Waals surface area contributed by atoms with Crippen LogP contribution in [0, 0.1) is 0 Å². The van der Waals surface area contributed by atoms with Crippen LogP contribution in [0.5, 0.6) is 5.75 Å². The van der Waals surface area contributed by atoms with Gasteiger partial charge >= 0.3 is 0 Å². The summed E-state index contributed by atoms with van der Waals surface area (Å²) in [6, 6.07) is 4.21. The lowest BCUT2D eigenvalue weighted by atomic mass is 9.83. The van der Waals surface area contributed by atoms with Gasteiger partial charge in [-0.15, -0.1) is 0 Å². The van der Waals surface area contributed by atoms with Crippen molar-refractivity contribution in [3.8, 4) is 5.75 Å². The first-order valence-corrected chi connectivity index (χ1v) is 5.42. The average Bonchev–Trinajstić information content (AvgIpc) is 2.31. The van der Waals surface area contributed by atoms with Crippen molar-refractivity contribution in [1.82, 2.24) is 0 Å². The lowest BCUT2D eigenvalue weighted by Gasteiger charge is -2.26. The number of nitrogen functional groups attached to an aromatic ring is 1. The molecule has 94 valence electrons. The van der Waals surface area contributed by atoms with Gasteiger partial charge in [-0.3, -0.25) is 4.79 Å². The Hall–Kier alpha value is -2.27. The van der Waals surface area contributed by atoms with Gasteiger partial charge in [0.05, 0.1) is 11.4 Å². The summed E-state index contributed by atoms with van der Waals surface area (Å²) < 4.78 is 0. The fourth-order valence-electron chi connectivity index (χ4n) is 1.86. The first-order chi connectivity index (χ1) is 8.42. The molecular formula is C13H14N2O3.